The smallest absolute Gasteiger partial charge is 0.143 e. The van der Waals surface area contributed by atoms with E-state index in [9.17, 15) is 0 Å². The summed E-state index contributed by atoms with van der Waals surface area (Å²) in [6.45, 7) is 6.49. The Hall–Kier alpha value is -0.740. The Balaban J connectivity index is 2.31. The van der Waals surface area contributed by atoms with Crippen molar-refractivity contribution < 1.29 is 4.74 Å². The lowest BCUT2D eigenvalue weighted by Gasteiger charge is -2.35. The van der Waals surface area contributed by atoms with Crippen molar-refractivity contribution in [1.82, 2.24) is 4.90 Å². The zero-order valence-corrected chi connectivity index (χ0v) is 12.2. The molecule has 0 amide bonds. The SMILES string of the molecule is COc1cc(Br)cc(C)c1N1CCN(C)CC1. The van der Waals surface area contributed by atoms with E-state index in [2.05, 4.69) is 45.8 Å². The van der Waals surface area contributed by atoms with Crippen molar-refractivity contribution in [3.05, 3.63) is 22.2 Å². The van der Waals surface area contributed by atoms with Crippen molar-refractivity contribution in [2.24, 2.45) is 0 Å². The standard InChI is InChI=1S/C13H19BrN2O/c1-10-8-11(14)9-12(17-3)13(10)16-6-4-15(2)5-7-16/h8-9H,4-7H2,1-3H3. The van der Waals surface area contributed by atoms with Crippen LogP contribution in [0.1, 0.15) is 5.56 Å². The average molecular weight is 299 g/mol. The van der Waals surface area contributed by atoms with E-state index >= 15 is 0 Å². The van der Waals surface area contributed by atoms with Crippen molar-refractivity contribution in [1.29, 1.82) is 0 Å². The van der Waals surface area contributed by atoms with Gasteiger partial charge in [-0.2, -0.15) is 0 Å². The molecule has 0 spiro atoms. The molecule has 17 heavy (non-hydrogen) atoms. The van der Waals surface area contributed by atoms with Gasteiger partial charge in [-0.1, -0.05) is 15.9 Å². The third-order valence-corrected chi connectivity index (χ3v) is 3.73. The molecule has 2 rings (SSSR count). The summed E-state index contributed by atoms with van der Waals surface area (Å²) in [5.41, 5.74) is 2.50. The summed E-state index contributed by atoms with van der Waals surface area (Å²) in [6, 6.07) is 4.19. The maximum absolute atomic E-state index is 5.50. The van der Waals surface area contributed by atoms with Crippen LogP contribution in [0.2, 0.25) is 0 Å². The quantitative estimate of drug-likeness (QED) is 0.834. The number of anilines is 1. The number of aryl methyl sites for hydroxylation is 1. The maximum atomic E-state index is 5.50. The number of ether oxygens (including phenoxy) is 1. The molecule has 0 atom stereocenters. The fourth-order valence-corrected chi connectivity index (χ4v) is 2.85. The molecule has 1 heterocycles. The van der Waals surface area contributed by atoms with E-state index in [1.165, 1.54) is 11.3 Å². The molecule has 4 heteroatoms. The Morgan fingerprint density at radius 2 is 1.82 bits per heavy atom. The lowest BCUT2D eigenvalue weighted by atomic mass is 10.1. The van der Waals surface area contributed by atoms with Crippen molar-refractivity contribution in [2.45, 2.75) is 6.92 Å². The summed E-state index contributed by atoms with van der Waals surface area (Å²) in [5, 5.41) is 0. The van der Waals surface area contributed by atoms with Crippen molar-refractivity contribution in [3.63, 3.8) is 0 Å². The number of hydrogen-bond acceptors (Lipinski definition) is 3. The summed E-state index contributed by atoms with van der Waals surface area (Å²) in [7, 11) is 3.91. The maximum Gasteiger partial charge on any atom is 0.143 e. The Morgan fingerprint density at radius 1 is 1.18 bits per heavy atom. The van der Waals surface area contributed by atoms with Crippen molar-refractivity contribution in [3.8, 4) is 5.75 Å². The molecule has 1 fully saturated rings. The highest BCUT2D eigenvalue weighted by atomic mass is 79.9. The Kier molecular flexibility index (Phi) is 3.94. The van der Waals surface area contributed by atoms with Crippen LogP contribution in [0.15, 0.2) is 16.6 Å². The average Bonchev–Trinajstić information content (AvgIpc) is 2.30. The molecule has 0 aromatic heterocycles. The number of methoxy groups -OCH3 is 1. The molecule has 3 nitrogen and oxygen atoms in total. The lowest BCUT2D eigenvalue weighted by Crippen LogP contribution is -2.44. The van der Waals surface area contributed by atoms with Crippen LogP contribution in [0.4, 0.5) is 5.69 Å². The molecule has 1 aliphatic rings. The van der Waals surface area contributed by atoms with Crippen LogP contribution in [0.25, 0.3) is 0 Å². The van der Waals surface area contributed by atoms with Gasteiger partial charge in [-0.25, -0.2) is 0 Å². The Morgan fingerprint density at radius 3 is 2.41 bits per heavy atom. The van der Waals surface area contributed by atoms with Gasteiger partial charge in [0.2, 0.25) is 0 Å². The highest BCUT2D eigenvalue weighted by Crippen LogP contribution is 2.35. The molecule has 0 N–H and O–H groups in total. The second-order valence-corrected chi connectivity index (χ2v) is 5.48. The molecule has 1 aromatic carbocycles. The van der Waals surface area contributed by atoms with Gasteiger partial charge in [0, 0.05) is 30.7 Å². The van der Waals surface area contributed by atoms with Gasteiger partial charge in [-0.3, -0.25) is 0 Å². The van der Waals surface area contributed by atoms with Gasteiger partial charge >= 0.3 is 0 Å². The zero-order valence-electron chi connectivity index (χ0n) is 10.7. The van der Waals surface area contributed by atoms with Gasteiger partial charge in [-0.15, -0.1) is 0 Å². The summed E-state index contributed by atoms with van der Waals surface area (Å²) in [4.78, 5) is 4.78. The largest absolute Gasteiger partial charge is 0.495 e. The first-order chi connectivity index (χ1) is 8.11. The van der Waals surface area contributed by atoms with Crippen LogP contribution in [0.5, 0.6) is 5.75 Å². The number of piperazine rings is 1. The van der Waals surface area contributed by atoms with E-state index in [1.807, 2.05) is 6.07 Å². The molecule has 1 saturated heterocycles. The molecule has 1 aliphatic heterocycles. The van der Waals surface area contributed by atoms with Crippen LogP contribution >= 0.6 is 15.9 Å². The molecule has 0 saturated carbocycles. The summed E-state index contributed by atoms with van der Waals surface area (Å²) in [5.74, 6) is 0.960. The third kappa shape index (κ3) is 2.75. The van der Waals surface area contributed by atoms with E-state index in [0.717, 1.165) is 36.4 Å². The topological polar surface area (TPSA) is 15.7 Å². The minimum absolute atomic E-state index is 0.960. The molecule has 0 radical (unpaired) electrons. The number of likely N-dealkylation sites (N-methyl/N-ethyl adjacent to an activating group) is 1. The lowest BCUT2D eigenvalue weighted by molar-refractivity contribution is 0.311. The monoisotopic (exact) mass is 298 g/mol. The summed E-state index contributed by atoms with van der Waals surface area (Å²) in [6.07, 6.45) is 0. The van der Waals surface area contributed by atoms with E-state index in [0.29, 0.717) is 0 Å². The minimum Gasteiger partial charge on any atom is -0.495 e. The second kappa shape index (κ2) is 5.27. The Bertz CT molecular complexity index is 401. The van der Waals surface area contributed by atoms with Crippen molar-refractivity contribution in [2.75, 3.05) is 45.2 Å². The van der Waals surface area contributed by atoms with E-state index in [1.54, 1.807) is 7.11 Å². The van der Waals surface area contributed by atoms with Crippen molar-refractivity contribution >= 4 is 21.6 Å². The molecular weight excluding hydrogens is 280 g/mol. The molecule has 94 valence electrons. The van der Waals surface area contributed by atoms with Crippen LogP contribution in [0.3, 0.4) is 0 Å². The first kappa shape index (κ1) is 12.7. The van der Waals surface area contributed by atoms with Gasteiger partial charge in [-0.05, 0) is 31.7 Å². The van der Waals surface area contributed by atoms with Crippen LogP contribution in [-0.2, 0) is 0 Å². The molecular formula is C13H19BrN2O. The van der Waals surface area contributed by atoms with Gasteiger partial charge in [0.05, 0.1) is 12.8 Å². The van der Waals surface area contributed by atoms with E-state index < -0.39 is 0 Å². The number of halogens is 1. The van der Waals surface area contributed by atoms with Gasteiger partial charge in [0.1, 0.15) is 5.75 Å². The molecule has 0 aliphatic carbocycles. The highest BCUT2D eigenvalue weighted by molar-refractivity contribution is 9.10. The molecule has 1 aromatic rings. The number of rotatable bonds is 2. The van der Waals surface area contributed by atoms with Crippen LogP contribution in [0, 0.1) is 6.92 Å². The summed E-state index contributed by atoms with van der Waals surface area (Å²) >= 11 is 3.51. The molecule has 0 bridgehead atoms. The van der Waals surface area contributed by atoms with Crippen LogP contribution < -0.4 is 9.64 Å². The zero-order chi connectivity index (χ0) is 12.4. The predicted octanol–water partition coefficient (Wildman–Crippen LogP) is 2.52. The molecule has 0 unspecified atom stereocenters. The predicted molar refractivity (Wildman–Crippen MR) is 75.1 cm³/mol. The minimum atomic E-state index is 0.960. The second-order valence-electron chi connectivity index (χ2n) is 4.56. The van der Waals surface area contributed by atoms with Crippen LogP contribution in [-0.4, -0.2) is 45.2 Å². The number of nitrogens with zero attached hydrogens (tertiary/aromatic N) is 2. The third-order valence-electron chi connectivity index (χ3n) is 3.27. The van der Waals surface area contributed by atoms with Gasteiger partial charge in [0.15, 0.2) is 0 Å². The highest BCUT2D eigenvalue weighted by Gasteiger charge is 2.19. The fraction of sp³-hybridized carbons (Fsp3) is 0.538. The normalized spacial score (nSPS) is 17.3. The number of hydrogen-bond donors (Lipinski definition) is 0. The van der Waals surface area contributed by atoms with E-state index in [-0.39, 0.29) is 0 Å². The first-order valence-corrected chi connectivity index (χ1v) is 6.68. The van der Waals surface area contributed by atoms with Gasteiger partial charge < -0.3 is 14.5 Å². The summed E-state index contributed by atoms with van der Waals surface area (Å²) < 4.78 is 6.58. The fourth-order valence-electron chi connectivity index (χ4n) is 2.30. The number of benzene rings is 1. The first-order valence-electron chi connectivity index (χ1n) is 5.89. The van der Waals surface area contributed by atoms with Gasteiger partial charge in [0.25, 0.3) is 0 Å². The Labute approximate surface area is 111 Å². The van der Waals surface area contributed by atoms with E-state index in [4.69, 9.17) is 4.74 Å².